The summed E-state index contributed by atoms with van der Waals surface area (Å²) in [6.45, 7) is 2.63. The van der Waals surface area contributed by atoms with Crippen molar-refractivity contribution in [1.29, 1.82) is 0 Å². The van der Waals surface area contributed by atoms with Crippen LogP contribution in [0.2, 0.25) is 0 Å². The van der Waals surface area contributed by atoms with E-state index in [1.165, 1.54) is 0 Å². The van der Waals surface area contributed by atoms with Gasteiger partial charge in [0, 0.05) is 23.9 Å². The molecule has 3 heteroatoms. The molecule has 0 radical (unpaired) electrons. The highest BCUT2D eigenvalue weighted by molar-refractivity contribution is 5.93. The van der Waals surface area contributed by atoms with E-state index < -0.39 is 0 Å². The summed E-state index contributed by atoms with van der Waals surface area (Å²) in [5.74, 6) is 1.07. The van der Waals surface area contributed by atoms with Crippen LogP contribution in [0.1, 0.15) is 19.8 Å². The summed E-state index contributed by atoms with van der Waals surface area (Å²) in [5, 5.41) is 3.23. The molecular formula is C13H15NO2. The second-order valence-electron chi connectivity index (χ2n) is 3.72. The third-order valence-electron chi connectivity index (χ3n) is 2.45. The third kappa shape index (κ3) is 2.63. The third-order valence-corrected chi connectivity index (χ3v) is 2.45. The van der Waals surface area contributed by atoms with E-state index in [0.29, 0.717) is 13.0 Å². The monoisotopic (exact) mass is 217 g/mol. The number of carbonyl (C=O) groups is 1. The lowest BCUT2D eigenvalue weighted by molar-refractivity contribution is -0.114. The molecule has 1 aliphatic carbocycles. The zero-order chi connectivity index (χ0) is 11.4. The van der Waals surface area contributed by atoms with Gasteiger partial charge in [-0.15, -0.1) is 0 Å². The summed E-state index contributed by atoms with van der Waals surface area (Å²) in [6.07, 6.45) is 3.11. The van der Waals surface area contributed by atoms with Gasteiger partial charge in [-0.1, -0.05) is 0 Å². The molecule has 0 heterocycles. The molecule has 0 saturated carbocycles. The molecule has 0 fully saturated rings. The summed E-state index contributed by atoms with van der Waals surface area (Å²) < 4.78 is 5.35. The number of ketones is 1. The first kappa shape index (κ1) is 10.7. The van der Waals surface area contributed by atoms with Gasteiger partial charge in [0.2, 0.25) is 0 Å². The van der Waals surface area contributed by atoms with Crippen LogP contribution in [-0.2, 0) is 4.79 Å². The van der Waals surface area contributed by atoms with Gasteiger partial charge in [0.05, 0.1) is 6.61 Å². The van der Waals surface area contributed by atoms with Gasteiger partial charge >= 0.3 is 0 Å². The molecular weight excluding hydrogens is 202 g/mol. The van der Waals surface area contributed by atoms with Crippen molar-refractivity contribution < 1.29 is 9.53 Å². The number of carbonyl (C=O) groups excluding carboxylic acids is 1. The predicted molar refractivity (Wildman–Crippen MR) is 63.6 cm³/mol. The highest BCUT2D eigenvalue weighted by Crippen LogP contribution is 2.21. The van der Waals surface area contributed by atoms with Gasteiger partial charge in [0.1, 0.15) is 5.75 Å². The molecule has 0 spiro atoms. The Labute approximate surface area is 95.1 Å². The number of hydrogen-bond donors (Lipinski definition) is 1. The summed E-state index contributed by atoms with van der Waals surface area (Å²) >= 11 is 0. The largest absolute Gasteiger partial charge is 0.494 e. The minimum absolute atomic E-state index is 0.202. The van der Waals surface area contributed by atoms with Crippen LogP contribution in [0.15, 0.2) is 36.0 Å². The van der Waals surface area contributed by atoms with Crippen LogP contribution < -0.4 is 10.1 Å². The highest BCUT2D eigenvalue weighted by Gasteiger charge is 2.11. The van der Waals surface area contributed by atoms with Gasteiger partial charge in [-0.25, -0.2) is 0 Å². The second kappa shape index (κ2) is 4.84. The number of hydrogen-bond acceptors (Lipinski definition) is 3. The highest BCUT2D eigenvalue weighted by atomic mass is 16.5. The van der Waals surface area contributed by atoms with Crippen molar-refractivity contribution >= 4 is 11.5 Å². The fourth-order valence-corrected chi connectivity index (χ4v) is 1.68. The van der Waals surface area contributed by atoms with Gasteiger partial charge < -0.3 is 10.1 Å². The molecule has 1 aliphatic rings. The minimum atomic E-state index is 0.202. The first-order chi connectivity index (χ1) is 7.78. The van der Waals surface area contributed by atoms with E-state index in [-0.39, 0.29) is 5.78 Å². The molecule has 3 nitrogen and oxygen atoms in total. The number of rotatable bonds is 4. The Morgan fingerprint density at radius 3 is 2.56 bits per heavy atom. The zero-order valence-electron chi connectivity index (χ0n) is 9.32. The molecule has 84 valence electrons. The van der Waals surface area contributed by atoms with E-state index in [2.05, 4.69) is 5.32 Å². The Bertz CT molecular complexity index is 406. The van der Waals surface area contributed by atoms with E-state index in [1.807, 2.05) is 31.2 Å². The molecule has 0 atom stereocenters. The predicted octanol–water partition coefficient (Wildman–Crippen LogP) is 2.74. The Morgan fingerprint density at radius 1 is 1.25 bits per heavy atom. The van der Waals surface area contributed by atoms with Crippen LogP contribution in [0.4, 0.5) is 5.69 Å². The number of benzene rings is 1. The molecule has 0 aliphatic heterocycles. The molecule has 0 unspecified atom stereocenters. The maximum Gasteiger partial charge on any atom is 0.157 e. The van der Waals surface area contributed by atoms with Crippen molar-refractivity contribution in [3.8, 4) is 5.75 Å². The molecule has 1 aromatic rings. The quantitative estimate of drug-likeness (QED) is 0.842. The van der Waals surface area contributed by atoms with E-state index in [1.54, 1.807) is 6.08 Å². The van der Waals surface area contributed by atoms with E-state index in [9.17, 15) is 4.79 Å². The molecule has 0 amide bonds. The Morgan fingerprint density at radius 2 is 2.00 bits per heavy atom. The molecule has 2 rings (SSSR count). The van der Waals surface area contributed by atoms with Crippen molar-refractivity contribution in [2.45, 2.75) is 19.8 Å². The summed E-state index contributed by atoms with van der Waals surface area (Å²) in [5.41, 5.74) is 1.98. The van der Waals surface area contributed by atoms with Crippen molar-refractivity contribution in [1.82, 2.24) is 0 Å². The lowest BCUT2D eigenvalue weighted by Crippen LogP contribution is -1.96. The lowest BCUT2D eigenvalue weighted by Gasteiger charge is -2.08. The maximum atomic E-state index is 11.0. The summed E-state index contributed by atoms with van der Waals surface area (Å²) in [4.78, 5) is 11.0. The van der Waals surface area contributed by atoms with Gasteiger partial charge in [-0.05, 0) is 37.6 Å². The van der Waals surface area contributed by atoms with Crippen molar-refractivity contribution in [2.75, 3.05) is 11.9 Å². The van der Waals surface area contributed by atoms with E-state index in [4.69, 9.17) is 4.74 Å². The van der Waals surface area contributed by atoms with Crippen LogP contribution in [0.5, 0.6) is 5.75 Å². The Balaban J connectivity index is 2.00. The van der Waals surface area contributed by atoms with Gasteiger partial charge in [-0.3, -0.25) is 4.79 Å². The zero-order valence-corrected chi connectivity index (χ0v) is 9.32. The first-order valence-corrected chi connectivity index (χ1v) is 5.51. The molecule has 0 saturated heterocycles. The van der Waals surface area contributed by atoms with Gasteiger partial charge in [0.15, 0.2) is 5.78 Å². The number of nitrogens with one attached hydrogen (secondary N) is 1. The molecule has 1 N–H and O–H groups in total. The molecule has 1 aromatic carbocycles. The van der Waals surface area contributed by atoms with Crippen LogP contribution in [0.25, 0.3) is 0 Å². The average molecular weight is 217 g/mol. The van der Waals surface area contributed by atoms with Crippen molar-refractivity contribution in [3.05, 3.63) is 36.0 Å². The molecule has 0 bridgehead atoms. The number of ether oxygens (including phenoxy) is 1. The summed E-state index contributed by atoms with van der Waals surface area (Å²) in [7, 11) is 0. The fraction of sp³-hybridized carbons (Fsp3) is 0.308. The summed E-state index contributed by atoms with van der Waals surface area (Å²) in [6, 6.07) is 7.75. The Hall–Kier alpha value is -1.77. The van der Waals surface area contributed by atoms with Gasteiger partial charge in [-0.2, -0.15) is 0 Å². The fourth-order valence-electron chi connectivity index (χ4n) is 1.68. The average Bonchev–Trinajstić information content (AvgIpc) is 2.67. The smallest absolute Gasteiger partial charge is 0.157 e. The van der Waals surface area contributed by atoms with Gasteiger partial charge in [0.25, 0.3) is 0 Å². The lowest BCUT2D eigenvalue weighted by atomic mass is 10.2. The van der Waals surface area contributed by atoms with Crippen LogP contribution in [0, 0.1) is 0 Å². The van der Waals surface area contributed by atoms with Crippen LogP contribution in [-0.4, -0.2) is 12.4 Å². The molecule has 0 aromatic heterocycles. The van der Waals surface area contributed by atoms with Crippen LogP contribution in [0.3, 0.4) is 0 Å². The van der Waals surface area contributed by atoms with Crippen LogP contribution >= 0.6 is 0 Å². The normalized spacial score (nSPS) is 14.8. The molecule has 16 heavy (non-hydrogen) atoms. The minimum Gasteiger partial charge on any atom is -0.494 e. The number of allylic oxidation sites excluding steroid dienone is 2. The second-order valence-corrected chi connectivity index (χ2v) is 3.72. The standard InChI is InChI=1S/C13H15NO2/c1-2-16-13-7-4-10(5-8-13)14-11-3-6-12(15)9-11/h4-5,7-9,14H,2-3,6H2,1H3. The van der Waals surface area contributed by atoms with E-state index in [0.717, 1.165) is 23.6 Å². The van der Waals surface area contributed by atoms with Crippen molar-refractivity contribution in [2.24, 2.45) is 0 Å². The maximum absolute atomic E-state index is 11.0. The topological polar surface area (TPSA) is 38.3 Å². The Kier molecular flexibility index (Phi) is 3.25. The van der Waals surface area contributed by atoms with E-state index >= 15 is 0 Å². The van der Waals surface area contributed by atoms with Crippen molar-refractivity contribution in [3.63, 3.8) is 0 Å². The SMILES string of the molecule is CCOc1ccc(NC2=CC(=O)CC2)cc1. The number of anilines is 1. The first-order valence-electron chi connectivity index (χ1n) is 5.51.